The molecule has 146 valence electrons. The Bertz CT molecular complexity index is 837. The molecule has 0 atom stereocenters. The summed E-state index contributed by atoms with van der Waals surface area (Å²) >= 11 is 6.18. The lowest BCUT2D eigenvalue weighted by atomic mass is 9.48. The fourth-order valence-corrected chi connectivity index (χ4v) is 6.77. The summed E-state index contributed by atoms with van der Waals surface area (Å²) in [5, 5.41) is 3.78. The zero-order valence-corrected chi connectivity index (χ0v) is 17.0. The third-order valence-electron chi connectivity index (χ3n) is 7.40. The number of amides is 1. The topological polar surface area (TPSA) is 29.1 Å². The Balaban J connectivity index is 1.22. The van der Waals surface area contributed by atoms with Crippen LogP contribution in [0.1, 0.15) is 56.1 Å². The van der Waals surface area contributed by atoms with Crippen molar-refractivity contribution in [1.29, 1.82) is 0 Å². The first-order valence-corrected chi connectivity index (χ1v) is 11.1. The van der Waals surface area contributed by atoms with Gasteiger partial charge < -0.3 is 5.32 Å². The van der Waals surface area contributed by atoms with Crippen LogP contribution in [-0.2, 0) is 16.6 Å². The third-order valence-corrected chi connectivity index (χ3v) is 7.77. The van der Waals surface area contributed by atoms with Crippen molar-refractivity contribution < 1.29 is 4.79 Å². The Morgan fingerprint density at radius 2 is 1.54 bits per heavy atom. The highest BCUT2D eigenvalue weighted by atomic mass is 35.5. The zero-order valence-electron chi connectivity index (χ0n) is 16.3. The highest BCUT2D eigenvalue weighted by Gasteiger charge is 2.51. The van der Waals surface area contributed by atoms with Crippen LogP contribution in [0.4, 0.5) is 5.69 Å². The number of rotatable bonds is 5. The maximum Gasteiger partial charge on any atom is 0.224 e. The molecule has 4 aliphatic carbocycles. The first-order valence-electron chi connectivity index (χ1n) is 10.7. The van der Waals surface area contributed by atoms with E-state index in [9.17, 15) is 4.79 Å². The van der Waals surface area contributed by atoms with Crippen LogP contribution in [0.15, 0.2) is 48.5 Å². The van der Waals surface area contributed by atoms with Crippen molar-refractivity contribution in [3.8, 4) is 0 Å². The molecule has 2 nitrogen and oxygen atoms in total. The largest absolute Gasteiger partial charge is 0.326 e. The van der Waals surface area contributed by atoms with Crippen molar-refractivity contribution >= 4 is 23.2 Å². The summed E-state index contributed by atoms with van der Waals surface area (Å²) in [5.74, 6) is 2.91. The van der Waals surface area contributed by atoms with E-state index in [0.29, 0.717) is 18.3 Å². The molecule has 0 aromatic heterocycles. The average Bonchev–Trinajstić information content (AvgIpc) is 2.67. The SMILES string of the molecule is O=C(CCc1ccccc1Cl)Nc1ccc(C23CC4CC(CC(C4)C2)C3)cc1. The molecular formula is C25H28ClNO. The molecule has 0 heterocycles. The fourth-order valence-electron chi connectivity index (χ4n) is 6.54. The number of hydrogen-bond donors (Lipinski definition) is 1. The van der Waals surface area contributed by atoms with Crippen LogP contribution in [0, 0.1) is 17.8 Å². The van der Waals surface area contributed by atoms with Crippen molar-refractivity contribution in [2.45, 2.75) is 56.8 Å². The zero-order chi connectivity index (χ0) is 19.1. The van der Waals surface area contributed by atoms with Gasteiger partial charge in [0.25, 0.3) is 0 Å². The quantitative estimate of drug-likeness (QED) is 0.627. The normalized spacial score (nSPS) is 30.4. The van der Waals surface area contributed by atoms with E-state index < -0.39 is 0 Å². The monoisotopic (exact) mass is 393 g/mol. The van der Waals surface area contributed by atoms with Crippen LogP contribution >= 0.6 is 11.6 Å². The summed E-state index contributed by atoms with van der Waals surface area (Å²) in [6.07, 6.45) is 9.65. The molecular weight excluding hydrogens is 366 g/mol. The summed E-state index contributed by atoms with van der Waals surface area (Å²) < 4.78 is 0. The van der Waals surface area contributed by atoms with Crippen molar-refractivity contribution in [3.63, 3.8) is 0 Å². The smallest absolute Gasteiger partial charge is 0.224 e. The lowest BCUT2D eigenvalue weighted by Gasteiger charge is -2.57. The third kappa shape index (κ3) is 3.48. The molecule has 4 saturated carbocycles. The van der Waals surface area contributed by atoms with Gasteiger partial charge in [0.2, 0.25) is 5.91 Å². The fraction of sp³-hybridized carbons (Fsp3) is 0.480. The second kappa shape index (κ2) is 7.22. The number of carbonyl (C=O) groups is 1. The van der Waals surface area contributed by atoms with Crippen molar-refractivity contribution in [1.82, 2.24) is 0 Å². The van der Waals surface area contributed by atoms with Crippen molar-refractivity contribution in [2.75, 3.05) is 5.32 Å². The van der Waals surface area contributed by atoms with Gasteiger partial charge in [0, 0.05) is 17.1 Å². The Morgan fingerprint density at radius 1 is 0.929 bits per heavy atom. The predicted molar refractivity (Wildman–Crippen MR) is 115 cm³/mol. The predicted octanol–water partition coefficient (Wildman–Crippen LogP) is 6.38. The highest BCUT2D eigenvalue weighted by molar-refractivity contribution is 6.31. The second-order valence-electron chi connectivity index (χ2n) is 9.41. The van der Waals surface area contributed by atoms with Gasteiger partial charge in [0.05, 0.1) is 0 Å². The molecule has 4 aliphatic rings. The summed E-state index contributed by atoms with van der Waals surface area (Å²) in [6, 6.07) is 16.5. The lowest BCUT2D eigenvalue weighted by Crippen LogP contribution is -2.48. The van der Waals surface area contributed by atoms with Gasteiger partial charge in [-0.2, -0.15) is 0 Å². The number of anilines is 1. The molecule has 4 bridgehead atoms. The second-order valence-corrected chi connectivity index (χ2v) is 9.82. The maximum atomic E-state index is 12.3. The van der Waals surface area contributed by atoms with Crippen LogP contribution in [-0.4, -0.2) is 5.91 Å². The number of nitrogens with one attached hydrogen (secondary N) is 1. The number of aryl methyl sites for hydroxylation is 1. The summed E-state index contributed by atoms with van der Waals surface area (Å²) in [7, 11) is 0. The van der Waals surface area contributed by atoms with Gasteiger partial charge in [0.15, 0.2) is 0 Å². The highest BCUT2D eigenvalue weighted by Crippen LogP contribution is 2.60. The molecule has 28 heavy (non-hydrogen) atoms. The molecule has 4 fully saturated rings. The van der Waals surface area contributed by atoms with E-state index in [2.05, 4.69) is 29.6 Å². The number of carbonyl (C=O) groups excluding carboxylic acids is 1. The first-order chi connectivity index (χ1) is 13.6. The standard InChI is InChI=1S/C25H28ClNO/c26-23-4-2-1-3-20(23)5-10-24(28)27-22-8-6-21(7-9-22)25-14-17-11-18(15-25)13-19(12-17)16-25/h1-4,6-9,17-19H,5,10-16H2,(H,27,28). The van der Waals surface area contributed by atoms with Gasteiger partial charge in [-0.25, -0.2) is 0 Å². The van der Waals surface area contributed by atoms with Crippen molar-refractivity contribution in [2.24, 2.45) is 17.8 Å². The number of hydrogen-bond acceptors (Lipinski definition) is 1. The summed E-state index contributed by atoms with van der Waals surface area (Å²) in [5.41, 5.74) is 3.84. The molecule has 0 spiro atoms. The minimum Gasteiger partial charge on any atom is -0.326 e. The van der Waals surface area contributed by atoms with E-state index in [1.54, 1.807) is 0 Å². The van der Waals surface area contributed by atoms with E-state index in [-0.39, 0.29) is 5.91 Å². The molecule has 1 amide bonds. The average molecular weight is 394 g/mol. The van der Waals surface area contributed by atoms with Crippen LogP contribution in [0.25, 0.3) is 0 Å². The van der Waals surface area contributed by atoms with Crippen LogP contribution in [0.3, 0.4) is 0 Å². The molecule has 0 aliphatic heterocycles. The minimum absolute atomic E-state index is 0.0440. The van der Waals surface area contributed by atoms with E-state index in [1.807, 2.05) is 24.3 Å². The van der Waals surface area contributed by atoms with E-state index in [1.165, 1.54) is 44.1 Å². The number of halogens is 1. The summed E-state index contributed by atoms with van der Waals surface area (Å²) in [4.78, 5) is 12.3. The first kappa shape index (κ1) is 18.2. The minimum atomic E-state index is 0.0440. The van der Waals surface area contributed by atoms with Gasteiger partial charge in [-0.1, -0.05) is 41.9 Å². The molecule has 0 unspecified atom stereocenters. The van der Waals surface area contributed by atoms with Crippen molar-refractivity contribution in [3.05, 3.63) is 64.7 Å². The molecule has 2 aromatic rings. The Morgan fingerprint density at radius 3 is 2.14 bits per heavy atom. The molecule has 6 rings (SSSR count). The summed E-state index contributed by atoms with van der Waals surface area (Å²) in [6.45, 7) is 0. The van der Waals surface area contributed by atoms with E-state index in [4.69, 9.17) is 11.6 Å². The van der Waals surface area contributed by atoms with Crippen LogP contribution < -0.4 is 5.32 Å². The van der Waals surface area contributed by atoms with Gasteiger partial charge in [0.1, 0.15) is 0 Å². The van der Waals surface area contributed by atoms with E-state index >= 15 is 0 Å². The molecule has 1 N–H and O–H groups in total. The molecule has 0 saturated heterocycles. The Labute approximate surface area is 172 Å². The van der Waals surface area contributed by atoms with Gasteiger partial charge in [-0.05, 0) is 97.4 Å². The van der Waals surface area contributed by atoms with E-state index in [0.717, 1.165) is 34.0 Å². The van der Waals surface area contributed by atoms with Gasteiger partial charge in [-0.3, -0.25) is 4.79 Å². The maximum absolute atomic E-state index is 12.3. The van der Waals surface area contributed by atoms with Crippen LogP contribution in [0.5, 0.6) is 0 Å². The molecule has 0 radical (unpaired) electrons. The van der Waals surface area contributed by atoms with Gasteiger partial charge in [-0.15, -0.1) is 0 Å². The van der Waals surface area contributed by atoms with Gasteiger partial charge >= 0.3 is 0 Å². The van der Waals surface area contributed by atoms with Crippen LogP contribution in [0.2, 0.25) is 5.02 Å². The molecule has 3 heteroatoms. The Kier molecular flexibility index (Phi) is 4.71. The Hall–Kier alpha value is -1.80. The molecule has 2 aromatic carbocycles. The lowest BCUT2D eigenvalue weighted by molar-refractivity contribution is -0.116. The number of benzene rings is 2.